The van der Waals surface area contributed by atoms with Crippen molar-refractivity contribution in [3.05, 3.63) is 11.9 Å². The summed E-state index contributed by atoms with van der Waals surface area (Å²) in [5.74, 6) is -0.611. The number of nitrogens with one attached hydrogen (secondary N) is 1. The van der Waals surface area contributed by atoms with Gasteiger partial charge in [-0.1, -0.05) is 26.0 Å². The van der Waals surface area contributed by atoms with Gasteiger partial charge in [-0.3, -0.25) is 14.5 Å². The van der Waals surface area contributed by atoms with Gasteiger partial charge in [0.25, 0.3) is 0 Å². The molecule has 3 rings (SSSR count). The molecular formula is C23H38N6O5. The van der Waals surface area contributed by atoms with Crippen LogP contribution >= 0.6 is 0 Å². The molecule has 0 radical (unpaired) electrons. The van der Waals surface area contributed by atoms with E-state index in [9.17, 15) is 19.5 Å². The number of rotatable bonds is 4. The van der Waals surface area contributed by atoms with Crippen LogP contribution in [0.25, 0.3) is 0 Å². The monoisotopic (exact) mass is 478 g/mol. The summed E-state index contributed by atoms with van der Waals surface area (Å²) in [4.78, 5) is 41.9. The number of likely N-dealkylation sites (tertiary alicyclic amines) is 2. The van der Waals surface area contributed by atoms with Gasteiger partial charge in [-0.05, 0) is 39.0 Å². The second-order valence-corrected chi connectivity index (χ2v) is 11.2. The van der Waals surface area contributed by atoms with Gasteiger partial charge in [0.2, 0.25) is 11.8 Å². The SMILES string of the molecule is CNC(=O)C1CC(O)CN1C(=O)C(n1cc(C2CCCN2C(=O)OC(C)(C)C)nn1)C(C)(C)C. The highest BCUT2D eigenvalue weighted by Gasteiger charge is 2.45. The first-order valence-electron chi connectivity index (χ1n) is 11.8. The zero-order valence-electron chi connectivity index (χ0n) is 21.2. The van der Waals surface area contributed by atoms with Gasteiger partial charge >= 0.3 is 6.09 Å². The molecule has 0 spiro atoms. The van der Waals surface area contributed by atoms with Crippen LogP contribution in [0.2, 0.25) is 0 Å². The average molecular weight is 479 g/mol. The maximum Gasteiger partial charge on any atom is 0.410 e. The highest BCUT2D eigenvalue weighted by atomic mass is 16.6. The van der Waals surface area contributed by atoms with E-state index in [4.69, 9.17) is 4.74 Å². The molecule has 34 heavy (non-hydrogen) atoms. The summed E-state index contributed by atoms with van der Waals surface area (Å²) in [6, 6.07) is -1.77. The van der Waals surface area contributed by atoms with Crippen molar-refractivity contribution in [1.82, 2.24) is 30.1 Å². The van der Waals surface area contributed by atoms with Gasteiger partial charge in [0.1, 0.15) is 23.4 Å². The molecule has 0 bridgehead atoms. The third-order valence-electron chi connectivity index (χ3n) is 6.18. The van der Waals surface area contributed by atoms with Gasteiger partial charge in [0.15, 0.2) is 0 Å². The number of β-amino-alcohol motifs (C(OH)–C–C–N with tert-alkyl or cyclic N) is 1. The fraction of sp³-hybridized carbons (Fsp3) is 0.783. The number of hydrogen-bond donors (Lipinski definition) is 2. The fourth-order valence-corrected chi connectivity index (χ4v) is 4.69. The zero-order chi connectivity index (χ0) is 25.4. The van der Waals surface area contributed by atoms with Crippen LogP contribution < -0.4 is 5.32 Å². The summed E-state index contributed by atoms with van der Waals surface area (Å²) >= 11 is 0. The van der Waals surface area contributed by atoms with Gasteiger partial charge in [0.05, 0.1) is 18.3 Å². The second kappa shape index (κ2) is 9.52. The summed E-state index contributed by atoms with van der Waals surface area (Å²) in [5, 5.41) is 21.3. The van der Waals surface area contributed by atoms with E-state index >= 15 is 0 Å². The molecule has 2 N–H and O–H groups in total. The molecule has 2 aliphatic rings. The highest BCUT2D eigenvalue weighted by Crippen LogP contribution is 2.36. The zero-order valence-corrected chi connectivity index (χ0v) is 21.2. The Kier molecular flexibility index (Phi) is 7.26. The summed E-state index contributed by atoms with van der Waals surface area (Å²) < 4.78 is 7.07. The predicted octanol–water partition coefficient (Wildman–Crippen LogP) is 1.65. The Balaban J connectivity index is 1.87. The van der Waals surface area contributed by atoms with Crippen LogP contribution in [-0.2, 0) is 14.3 Å². The standard InChI is InChI=1S/C23H38N6O5/c1-22(2,3)18(20(32)28-12-14(30)11-17(28)19(31)24-7)29-13-15(25-26-29)16-9-8-10-27(16)21(33)34-23(4,5)6/h13-14,16-18,30H,8-12H2,1-7H3,(H,24,31). The van der Waals surface area contributed by atoms with Crippen molar-refractivity contribution < 1.29 is 24.2 Å². The second-order valence-electron chi connectivity index (χ2n) is 11.2. The van der Waals surface area contributed by atoms with Crippen molar-refractivity contribution in [2.75, 3.05) is 20.1 Å². The molecule has 11 heteroatoms. The van der Waals surface area contributed by atoms with Crippen molar-refractivity contribution >= 4 is 17.9 Å². The van der Waals surface area contributed by atoms with Gasteiger partial charge in [-0.25, -0.2) is 9.48 Å². The number of aliphatic hydroxyl groups excluding tert-OH is 1. The third kappa shape index (κ3) is 5.51. The number of amides is 3. The first kappa shape index (κ1) is 25.9. The van der Waals surface area contributed by atoms with Crippen LogP contribution in [0, 0.1) is 5.41 Å². The van der Waals surface area contributed by atoms with Crippen LogP contribution in [0.15, 0.2) is 6.20 Å². The van der Waals surface area contributed by atoms with Crippen LogP contribution in [0.1, 0.15) is 78.6 Å². The molecule has 0 saturated carbocycles. The van der Waals surface area contributed by atoms with E-state index in [2.05, 4.69) is 15.6 Å². The maximum atomic E-state index is 13.7. The van der Waals surface area contributed by atoms with Gasteiger partial charge in [-0.2, -0.15) is 0 Å². The average Bonchev–Trinajstić information content (AvgIpc) is 3.43. The predicted molar refractivity (Wildman–Crippen MR) is 124 cm³/mol. The van der Waals surface area contributed by atoms with Gasteiger partial charge in [-0.15, -0.1) is 5.10 Å². The van der Waals surface area contributed by atoms with Crippen molar-refractivity contribution in [3.8, 4) is 0 Å². The summed E-state index contributed by atoms with van der Waals surface area (Å²) in [5.41, 5.74) is -0.564. The molecule has 3 heterocycles. The van der Waals surface area contributed by atoms with Crippen molar-refractivity contribution in [2.45, 2.75) is 90.6 Å². The summed E-state index contributed by atoms with van der Waals surface area (Å²) in [7, 11) is 1.51. The molecule has 2 aliphatic heterocycles. The lowest BCUT2D eigenvalue weighted by atomic mass is 9.85. The number of aromatic nitrogens is 3. The van der Waals surface area contributed by atoms with Crippen molar-refractivity contribution in [2.24, 2.45) is 5.41 Å². The minimum atomic E-state index is -0.765. The molecular weight excluding hydrogens is 440 g/mol. The van der Waals surface area contributed by atoms with Crippen LogP contribution in [0.3, 0.4) is 0 Å². The van der Waals surface area contributed by atoms with Crippen LogP contribution in [-0.4, -0.2) is 85.7 Å². The number of ether oxygens (including phenoxy) is 1. The lowest BCUT2D eigenvalue weighted by Crippen LogP contribution is -2.49. The molecule has 3 amide bonds. The molecule has 1 aromatic rings. The molecule has 0 aromatic carbocycles. The summed E-state index contributed by atoms with van der Waals surface area (Å²) in [6.45, 7) is 11.9. The molecule has 4 unspecified atom stereocenters. The number of nitrogens with zero attached hydrogens (tertiary/aromatic N) is 5. The smallest absolute Gasteiger partial charge is 0.410 e. The van der Waals surface area contributed by atoms with E-state index in [0.717, 1.165) is 12.8 Å². The lowest BCUT2D eigenvalue weighted by Gasteiger charge is -2.34. The number of likely N-dealkylation sites (N-methyl/N-ethyl adjacent to an activating group) is 1. The Labute approximate surface area is 200 Å². The highest BCUT2D eigenvalue weighted by molar-refractivity contribution is 5.90. The number of aliphatic hydroxyl groups is 1. The first-order chi connectivity index (χ1) is 15.7. The third-order valence-corrected chi connectivity index (χ3v) is 6.18. The number of hydrogen-bond acceptors (Lipinski definition) is 7. The van der Waals surface area contributed by atoms with Crippen LogP contribution in [0.4, 0.5) is 4.79 Å². The van der Waals surface area contributed by atoms with Crippen molar-refractivity contribution in [1.29, 1.82) is 0 Å². The molecule has 0 aliphatic carbocycles. The molecule has 4 atom stereocenters. The van der Waals surface area contributed by atoms with E-state index in [1.807, 2.05) is 41.5 Å². The Bertz CT molecular complexity index is 918. The van der Waals surface area contributed by atoms with E-state index in [0.29, 0.717) is 12.2 Å². The fourth-order valence-electron chi connectivity index (χ4n) is 4.69. The van der Waals surface area contributed by atoms with Gasteiger partial charge < -0.3 is 20.1 Å². The van der Waals surface area contributed by atoms with E-state index in [-0.39, 0.29) is 30.8 Å². The molecule has 190 valence electrons. The van der Waals surface area contributed by atoms with Crippen LogP contribution in [0.5, 0.6) is 0 Å². The lowest BCUT2D eigenvalue weighted by molar-refractivity contribution is -0.144. The van der Waals surface area contributed by atoms with E-state index in [1.165, 1.54) is 16.6 Å². The Morgan fingerprint density at radius 2 is 1.85 bits per heavy atom. The molecule has 2 fully saturated rings. The molecule has 2 saturated heterocycles. The minimum Gasteiger partial charge on any atom is -0.444 e. The quantitative estimate of drug-likeness (QED) is 0.673. The number of carbonyl (C=O) groups is 3. The summed E-state index contributed by atoms with van der Waals surface area (Å²) in [6.07, 6.45) is 2.29. The maximum absolute atomic E-state index is 13.7. The number of carbonyl (C=O) groups excluding carboxylic acids is 3. The topological polar surface area (TPSA) is 130 Å². The molecule has 11 nitrogen and oxygen atoms in total. The molecule has 1 aromatic heterocycles. The first-order valence-corrected chi connectivity index (χ1v) is 11.8. The van der Waals surface area contributed by atoms with Crippen molar-refractivity contribution in [3.63, 3.8) is 0 Å². The Hall–Kier alpha value is -2.69. The largest absolute Gasteiger partial charge is 0.444 e. The van der Waals surface area contributed by atoms with E-state index < -0.39 is 35.3 Å². The van der Waals surface area contributed by atoms with E-state index in [1.54, 1.807) is 11.1 Å². The Morgan fingerprint density at radius 1 is 1.18 bits per heavy atom. The van der Waals surface area contributed by atoms with Gasteiger partial charge in [0, 0.05) is 26.6 Å². The normalized spacial score (nSPS) is 24.3. The Morgan fingerprint density at radius 3 is 2.44 bits per heavy atom. The minimum absolute atomic E-state index is 0.0834.